The summed E-state index contributed by atoms with van der Waals surface area (Å²) in [6, 6.07) is 4.15. The highest BCUT2D eigenvalue weighted by molar-refractivity contribution is 5.71. The highest BCUT2D eigenvalue weighted by Gasteiger charge is 2.32. The molecule has 0 saturated heterocycles. The van der Waals surface area contributed by atoms with Gasteiger partial charge in [0.05, 0.1) is 7.05 Å². The number of halogens is 3. The fraction of sp³-hybridized carbons (Fsp3) is 0.250. The van der Waals surface area contributed by atoms with Crippen LogP contribution in [-0.4, -0.2) is 13.4 Å². The Balaban J connectivity index is 2.24. The van der Waals surface area contributed by atoms with Crippen LogP contribution in [0.1, 0.15) is 0 Å². The molecule has 0 aliphatic carbocycles. The molecule has 0 fully saturated rings. The number of nitrogen functional groups attached to an aromatic ring is 1. The Morgan fingerprint density at radius 3 is 2.80 bits per heavy atom. The van der Waals surface area contributed by atoms with Crippen LogP contribution < -0.4 is 20.7 Å². The van der Waals surface area contributed by atoms with E-state index >= 15 is 0 Å². The summed E-state index contributed by atoms with van der Waals surface area (Å²) in [4.78, 5) is 0. The maximum absolute atomic E-state index is 11.9. The molecule has 0 amide bonds. The zero-order chi connectivity index (χ0) is 11.1. The molecule has 0 saturated carbocycles. The van der Waals surface area contributed by atoms with Crippen LogP contribution in [0.4, 0.5) is 24.5 Å². The molecule has 1 aliphatic heterocycles. The maximum atomic E-state index is 11.9. The molecule has 3 N–H and O–H groups in total. The van der Waals surface area contributed by atoms with E-state index in [-0.39, 0.29) is 5.75 Å². The van der Waals surface area contributed by atoms with Gasteiger partial charge >= 0.3 is 6.36 Å². The van der Waals surface area contributed by atoms with Crippen LogP contribution in [-0.2, 0) is 0 Å². The second kappa shape index (κ2) is 3.20. The van der Waals surface area contributed by atoms with E-state index < -0.39 is 6.36 Å². The summed E-state index contributed by atoms with van der Waals surface area (Å²) in [5.74, 6) is -0.225. The van der Waals surface area contributed by atoms with Crippen molar-refractivity contribution in [2.45, 2.75) is 6.36 Å². The smallest absolute Gasteiger partial charge is 0.406 e. The number of benzene rings is 1. The lowest BCUT2D eigenvalue weighted by atomic mass is 10.2. The van der Waals surface area contributed by atoms with E-state index in [4.69, 9.17) is 0 Å². The SMILES string of the molecule is CN1[NH2+]Nc2cc(OC(F)(F)F)ccc21. The van der Waals surface area contributed by atoms with Crippen LogP contribution in [0.2, 0.25) is 0 Å². The van der Waals surface area contributed by atoms with Gasteiger partial charge in [-0.2, -0.15) is 0 Å². The number of quaternary nitrogens is 1. The van der Waals surface area contributed by atoms with Crippen molar-refractivity contribution in [3.05, 3.63) is 18.2 Å². The van der Waals surface area contributed by atoms with Gasteiger partial charge in [-0.25, -0.2) is 10.4 Å². The molecule has 82 valence electrons. The number of hydrogen-bond acceptors (Lipinski definition) is 3. The van der Waals surface area contributed by atoms with Gasteiger partial charge in [0.15, 0.2) is 0 Å². The van der Waals surface area contributed by atoms with Crippen molar-refractivity contribution in [2.24, 2.45) is 0 Å². The molecule has 1 aromatic rings. The van der Waals surface area contributed by atoms with Gasteiger partial charge in [0.2, 0.25) is 0 Å². The summed E-state index contributed by atoms with van der Waals surface area (Å²) in [6.45, 7) is 0. The second-order valence-electron chi connectivity index (χ2n) is 3.11. The molecule has 0 bridgehead atoms. The minimum absolute atomic E-state index is 0.225. The molecule has 15 heavy (non-hydrogen) atoms. The van der Waals surface area contributed by atoms with Gasteiger partial charge in [-0.15, -0.1) is 18.7 Å². The van der Waals surface area contributed by atoms with E-state index in [0.717, 1.165) is 5.69 Å². The number of alkyl halides is 3. The molecule has 1 heterocycles. The van der Waals surface area contributed by atoms with E-state index in [2.05, 4.69) is 10.2 Å². The Labute approximate surface area is 83.6 Å². The largest absolute Gasteiger partial charge is 0.573 e. The Morgan fingerprint density at radius 1 is 1.40 bits per heavy atom. The summed E-state index contributed by atoms with van der Waals surface area (Å²) in [5, 5.41) is 1.77. The lowest BCUT2D eigenvalue weighted by molar-refractivity contribution is -0.628. The average molecular weight is 220 g/mol. The molecule has 0 spiro atoms. The summed E-state index contributed by atoms with van der Waals surface area (Å²) in [7, 11) is 1.79. The molecule has 1 aromatic carbocycles. The Bertz CT molecular complexity index is 380. The van der Waals surface area contributed by atoms with Crippen molar-refractivity contribution in [3.8, 4) is 5.75 Å². The van der Waals surface area contributed by atoms with Gasteiger partial charge < -0.3 is 4.74 Å². The highest BCUT2D eigenvalue weighted by atomic mass is 19.4. The van der Waals surface area contributed by atoms with E-state index in [1.807, 2.05) is 0 Å². The second-order valence-corrected chi connectivity index (χ2v) is 3.11. The van der Waals surface area contributed by atoms with Crippen molar-refractivity contribution in [2.75, 3.05) is 17.5 Å². The van der Waals surface area contributed by atoms with Crippen molar-refractivity contribution in [1.82, 2.24) is 0 Å². The maximum Gasteiger partial charge on any atom is 0.573 e. The molecule has 0 atom stereocenters. The molecule has 2 rings (SSSR count). The predicted octanol–water partition coefficient (Wildman–Crippen LogP) is 0.840. The van der Waals surface area contributed by atoms with Crippen molar-refractivity contribution in [1.29, 1.82) is 0 Å². The number of nitrogens with one attached hydrogen (secondary N) is 1. The first-order chi connectivity index (χ1) is 6.96. The van der Waals surface area contributed by atoms with Crippen LogP contribution in [0.15, 0.2) is 18.2 Å². The topological polar surface area (TPSA) is 41.1 Å². The van der Waals surface area contributed by atoms with E-state index in [1.165, 1.54) is 12.1 Å². The third-order valence-electron chi connectivity index (χ3n) is 2.00. The minimum atomic E-state index is -4.65. The van der Waals surface area contributed by atoms with Gasteiger partial charge in [-0.3, -0.25) is 0 Å². The first kappa shape index (κ1) is 9.91. The van der Waals surface area contributed by atoms with E-state index in [0.29, 0.717) is 5.69 Å². The molecule has 0 aromatic heterocycles. The van der Waals surface area contributed by atoms with Crippen molar-refractivity contribution >= 4 is 11.4 Å². The minimum Gasteiger partial charge on any atom is -0.406 e. The van der Waals surface area contributed by atoms with E-state index in [9.17, 15) is 13.2 Å². The molecule has 7 heteroatoms. The summed E-state index contributed by atoms with van der Waals surface area (Å²) in [6.07, 6.45) is -4.65. The standard InChI is InChI=1S/C8H8F3N3O/c1-14-7-3-2-5(15-8(9,10)11)4-6(7)12-13-14/h2-4,12-13H,1H3/p+1. The van der Waals surface area contributed by atoms with Crippen LogP contribution in [0, 0.1) is 0 Å². The van der Waals surface area contributed by atoms with E-state index in [1.54, 1.807) is 23.7 Å². The highest BCUT2D eigenvalue weighted by Crippen LogP contribution is 2.31. The monoisotopic (exact) mass is 220 g/mol. The quantitative estimate of drug-likeness (QED) is 0.689. The third kappa shape index (κ3) is 2.07. The zero-order valence-electron chi connectivity index (χ0n) is 7.80. The lowest BCUT2D eigenvalue weighted by Gasteiger charge is -2.09. The van der Waals surface area contributed by atoms with Gasteiger partial charge in [0.25, 0.3) is 0 Å². The van der Waals surface area contributed by atoms with Gasteiger partial charge in [-0.05, 0) is 12.1 Å². The number of rotatable bonds is 1. The normalized spacial score (nSPS) is 14.8. The third-order valence-corrected chi connectivity index (χ3v) is 2.00. The molecular weight excluding hydrogens is 211 g/mol. The first-order valence-corrected chi connectivity index (χ1v) is 4.18. The number of nitrogens with zero attached hydrogens (tertiary/aromatic N) is 1. The average Bonchev–Trinajstić information content (AvgIpc) is 2.45. The first-order valence-electron chi connectivity index (χ1n) is 4.18. The van der Waals surface area contributed by atoms with Crippen LogP contribution in [0.25, 0.3) is 0 Å². The van der Waals surface area contributed by atoms with Crippen LogP contribution >= 0.6 is 0 Å². The molecule has 4 nitrogen and oxygen atoms in total. The number of ether oxygens (including phenoxy) is 1. The number of hydrogen-bond donors (Lipinski definition) is 2. The number of fused-ring (bicyclic) bond motifs is 1. The summed E-state index contributed by atoms with van der Waals surface area (Å²) in [5.41, 5.74) is 5.89. The van der Waals surface area contributed by atoms with Crippen molar-refractivity contribution < 1.29 is 23.4 Å². The molecule has 0 radical (unpaired) electrons. The van der Waals surface area contributed by atoms with Gasteiger partial charge in [-0.1, -0.05) is 0 Å². The lowest BCUT2D eigenvalue weighted by Crippen LogP contribution is -2.94. The fourth-order valence-corrected chi connectivity index (χ4v) is 1.37. The predicted molar refractivity (Wildman–Crippen MR) is 47.1 cm³/mol. The molecule has 1 aliphatic rings. The molecular formula is C8H9F3N3O+. The van der Waals surface area contributed by atoms with Crippen LogP contribution in [0.3, 0.4) is 0 Å². The fourth-order valence-electron chi connectivity index (χ4n) is 1.37. The number of anilines is 2. The van der Waals surface area contributed by atoms with Crippen molar-refractivity contribution in [3.63, 3.8) is 0 Å². The Hall–Kier alpha value is -1.63. The number of nitrogens with two attached hydrogens (primary N) is 1. The van der Waals surface area contributed by atoms with Crippen LogP contribution in [0.5, 0.6) is 5.75 Å². The zero-order valence-corrected chi connectivity index (χ0v) is 7.80. The Morgan fingerprint density at radius 2 is 2.13 bits per heavy atom. The summed E-state index contributed by atoms with van der Waals surface area (Å²) >= 11 is 0. The van der Waals surface area contributed by atoms with Gasteiger partial charge in [0.1, 0.15) is 17.1 Å². The van der Waals surface area contributed by atoms with Gasteiger partial charge in [0, 0.05) is 6.07 Å². The Kier molecular flexibility index (Phi) is 2.11. The molecule has 0 unspecified atom stereocenters. The summed E-state index contributed by atoms with van der Waals surface area (Å²) < 4.78 is 39.5.